The fourth-order valence-electron chi connectivity index (χ4n) is 3.52. The minimum absolute atomic E-state index is 0.00122. The number of benzene rings is 4. The molecule has 3 N–H and O–H groups in total. The predicted molar refractivity (Wildman–Crippen MR) is 136 cm³/mol. The number of amides is 2. The molecule has 4 aromatic carbocycles. The summed E-state index contributed by atoms with van der Waals surface area (Å²) >= 11 is 5.91. The minimum atomic E-state index is -0.520. The number of rotatable bonds is 6. The topological polar surface area (TPSA) is 115 Å². The number of phenols is 1. The van der Waals surface area contributed by atoms with Crippen molar-refractivity contribution in [2.45, 2.75) is 6.42 Å². The van der Waals surface area contributed by atoms with Gasteiger partial charge in [0.05, 0.1) is 18.2 Å². The molecule has 0 aliphatic carbocycles. The summed E-state index contributed by atoms with van der Waals surface area (Å²) < 4.78 is 0. The van der Waals surface area contributed by atoms with Crippen LogP contribution in [0.2, 0.25) is 5.02 Å². The summed E-state index contributed by atoms with van der Waals surface area (Å²) in [6.07, 6.45) is 1.72. The number of hydrazone groups is 1. The summed E-state index contributed by atoms with van der Waals surface area (Å²) in [5.41, 5.74) is 4.87. The van der Waals surface area contributed by atoms with Crippen molar-refractivity contribution in [1.82, 2.24) is 5.43 Å². The zero-order valence-corrected chi connectivity index (χ0v) is 19.1. The summed E-state index contributed by atoms with van der Waals surface area (Å²) in [6.45, 7) is 0. The molecule has 35 heavy (non-hydrogen) atoms. The Kier molecular flexibility index (Phi) is 7.05. The Morgan fingerprint density at radius 1 is 1.00 bits per heavy atom. The summed E-state index contributed by atoms with van der Waals surface area (Å²) in [5, 5.41) is 27.9. The van der Waals surface area contributed by atoms with E-state index in [0.29, 0.717) is 10.7 Å². The Morgan fingerprint density at radius 2 is 1.74 bits per heavy atom. The van der Waals surface area contributed by atoms with Crippen LogP contribution in [0, 0.1) is 11.3 Å². The van der Waals surface area contributed by atoms with E-state index in [0.717, 1.165) is 21.9 Å². The maximum absolute atomic E-state index is 12.6. The molecule has 0 saturated heterocycles. The number of carbonyl (C=O) groups is 2. The Bertz CT molecular complexity index is 1490. The number of fused-ring (bicyclic) bond motifs is 1. The molecular weight excluding hydrogens is 464 g/mol. The second-order valence-corrected chi connectivity index (χ2v) is 8.08. The van der Waals surface area contributed by atoms with E-state index in [1.54, 1.807) is 24.3 Å². The Hall–Kier alpha value is -4.67. The molecule has 0 aromatic heterocycles. The zero-order valence-electron chi connectivity index (χ0n) is 18.3. The first-order valence-corrected chi connectivity index (χ1v) is 10.9. The van der Waals surface area contributed by atoms with Crippen molar-refractivity contribution in [2.24, 2.45) is 5.10 Å². The van der Waals surface area contributed by atoms with Crippen molar-refractivity contribution in [3.63, 3.8) is 0 Å². The van der Waals surface area contributed by atoms with Crippen LogP contribution in [0.4, 0.5) is 5.69 Å². The third-order valence-electron chi connectivity index (χ3n) is 5.26. The van der Waals surface area contributed by atoms with Gasteiger partial charge in [-0.1, -0.05) is 54.1 Å². The molecule has 0 atom stereocenters. The molecular formula is C27H19ClN4O3. The maximum atomic E-state index is 12.6. The number of nitriles is 1. The van der Waals surface area contributed by atoms with Crippen molar-refractivity contribution in [2.75, 3.05) is 5.32 Å². The molecule has 172 valence electrons. The lowest BCUT2D eigenvalue weighted by molar-refractivity contribution is -0.115. The van der Waals surface area contributed by atoms with Crippen LogP contribution in [-0.2, 0) is 11.2 Å². The molecule has 2 amide bonds. The normalized spacial score (nSPS) is 10.7. The molecule has 7 nitrogen and oxygen atoms in total. The largest absolute Gasteiger partial charge is 0.507 e. The fourth-order valence-corrected chi connectivity index (χ4v) is 3.64. The van der Waals surface area contributed by atoms with Gasteiger partial charge in [-0.05, 0) is 47.3 Å². The van der Waals surface area contributed by atoms with Gasteiger partial charge in [0.1, 0.15) is 11.8 Å². The van der Waals surface area contributed by atoms with Gasteiger partial charge in [-0.3, -0.25) is 9.59 Å². The average molecular weight is 483 g/mol. The highest BCUT2D eigenvalue weighted by Crippen LogP contribution is 2.26. The van der Waals surface area contributed by atoms with Crippen LogP contribution < -0.4 is 10.7 Å². The summed E-state index contributed by atoms with van der Waals surface area (Å²) in [4.78, 5) is 24.9. The summed E-state index contributed by atoms with van der Waals surface area (Å²) in [5.74, 6) is -0.871. The van der Waals surface area contributed by atoms with Gasteiger partial charge < -0.3 is 10.4 Å². The monoisotopic (exact) mass is 482 g/mol. The molecule has 0 aliphatic rings. The molecule has 0 fully saturated rings. The van der Waals surface area contributed by atoms with Crippen LogP contribution >= 0.6 is 11.6 Å². The van der Waals surface area contributed by atoms with Crippen molar-refractivity contribution in [3.05, 3.63) is 106 Å². The molecule has 4 aromatic rings. The predicted octanol–water partition coefficient (Wildman–Crippen LogP) is 5.02. The summed E-state index contributed by atoms with van der Waals surface area (Å²) in [6, 6.07) is 24.0. The van der Waals surface area contributed by atoms with Crippen molar-refractivity contribution < 1.29 is 14.7 Å². The molecule has 0 unspecified atom stereocenters. The van der Waals surface area contributed by atoms with Crippen LogP contribution in [0.1, 0.15) is 27.0 Å². The van der Waals surface area contributed by atoms with E-state index in [2.05, 4.69) is 15.8 Å². The number of anilines is 1. The molecule has 0 saturated carbocycles. The Labute approximate surface area is 206 Å². The van der Waals surface area contributed by atoms with Crippen molar-refractivity contribution in [3.8, 4) is 11.8 Å². The Morgan fingerprint density at radius 3 is 2.49 bits per heavy atom. The van der Waals surface area contributed by atoms with E-state index in [-0.39, 0.29) is 29.2 Å². The number of carbonyl (C=O) groups excluding carboxylic acids is 2. The summed E-state index contributed by atoms with van der Waals surface area (Å²) in [7, 11) is 0. The van der Waals surface area contributed by atoms with Crippen LogP contribution in [0.15, 0.2) is 84.0 Å². The fraction of sp³-hybridized carbons (Fsp3) is 0.0370. The van der Waals surface area contributed by atoms with Gasteiger partial charge in [-0.15, -0.1) is 0 Å². The second kappa shape index (κ2) is 10.5. The molecule has 0 radical (unpaired) electrons. The maximum Gasteiger partial charge on any atom is 0.271 e. The number of aromatic hydroxyl groups is 1. The number of halogens is 1. The van der Waals surface area contributed by atoms with Gasteiger partial charge >= 0.3 is 0 Å². The van der Waals surface area contributed by atoms with Crippen LogP contribution in [0.3, 0.4) is 0 Å². The number of nitrogens with one attached hydrogen (secondary N) is 2. The van der Waals surface area contributed by atoms with Gasteiger partial charge in [0, 0.05) is 27.2 Å². The number of hydrogen-bond acceptors (Lipinski definition) is 5. The van der Waals surface area contributed by atoms with Gasteiger partial charge in [-0.2, -0.15) is 10.4 Å². The quantitative estimate of drug-likeness (QED) is 0.264. The van der Waals surface area contributed by atoms with E-state index in [1.165, 1.54) is 24.4 Å². The SMILES string of the molecule is N#Cc1cc(C(=O)NN=Cc2ccc(NC(=O)Cc3ccc(Cl)cc3)c3ccccc23)ccc1O. The van der Waals surface area contributed by atoms with E-state index >= 15 is 0 Å². The molecule has 0 aliphatic heterocycles. The van der Waals surface area contributed by atoms with E-state index in [9.17, 15) is 14.7 Å². The number of hydrogen-bond donors (Lipinski definition) is 3. The van der Waals surface area contributed by atoms with E-state index in [4.69, 9.17) is 16.9 Å². The lowest BCUT2D eigenvalue weighted by atomic mass is 10.0. The minimum Gasteiger partial charge on any atom is -0.507 e. The first-order valence-electron chi connectivity index (χ1n) is 10.6. The highest BCUT2D eigenvalue weighted by atomic mass is 35.5. The smallest absolute Gasteiger partial charge is 0.271 e. The van der Waals surface area contributed by atoms with Gasteiger partial charge in [0.2, 0.25) is 5.91 Å². The molecule has 4 rings (SSSR count). The van der Waals surface area contributed by atoms with Gasteiger partial charge in [-0.25, -0.2) is 5.43 Å². The van der Waals surface area contributed by atoms with E-state index in [1.807, 2.05) is 42.5 Å². The lowest BCUT2D eigenvalue weighted by Crippen LogP contribution is -2.17. The van der Waals surface area contributed by atoms with Crippen molar-refractivity contribution >= 4 is 46.1 Å². The third-order valence-corrected chi connectivity index (χ3v) is 5.51. The van der Waals surface area contributed by atoms with Gasteiger partial charge in [0.25, 0.3) is 5.91 Å². The standard InChI is InChI=1S/C27H19ClN4O3/c28-21-9-5-17(6-10-21)13-26(34)31-24-11-7-19(22-3-1-2-4-23(22)24)16-30-32-27(35)18-8-12-25(33)20(14-18)15-29/h1-12,14,16,33H,13H2,(H,31,34)(H,32,35). The molecule has 0 bridgehead atoms. The number of nitrogens with zero attached hydrogens (tertiary/aromatic N) is 2. The highest BCUT2D eigenvalue weighted by molar-refractivity contribution is 6.30. The Balaban J connectivity index is 1.50. The average Bonchev–Trinajstić information content (AvgIpc) is 2.87. The zero-order chi connectivity index (χ0) is 24.8. The second-order valence-electron chi connectivity index (χ2n) is 7.64. The van der Waals surface area contributed by atoms with Gasteiger partial charge in [0.15, 0.2) is 0 Å². The lowest BCUT2D eigenvalue weighted by Gasteiger charge is -2.11. The molecule has 8 heteroatoms. The van der Waals surface area contributed by atoms with E-state index < -0.39 is 5.91 Å². The van der Waals surface area contributed by atoms with Crippen LogP contribution in [0.5, 0.6) is 5.75 Å². The first-order chi connectivity index (χ1) is 16.9. The molecule has 0 heterocycles. The van der Waals surface area contributed by atoms with Crippen LogP contribution in [0.25, 0.3) is 10.8 Å². The highest BCUT2D eigenvalue weighted by Gasteiger charge is 2.10. The number of phenolic OH excluding ortho intramolecular Hbond substituents is 1. The molecule has 0 spiro atoms. The van der Waals surface area contributed by atoms with Crippen molar-refractivity contribution in [1.29, 1.82) is 5.26 Å². The van der Waals surface area contributed by atoms with Crippen LogP contribution in [-0.4, -0.2) is 23.1 Å². The first kappa shape index (κ1) is 23.5. The third kappa shape index (κ3) is 5.64.